The number of hydrazine groups is 1. The van der Waals surface area contributed by atoms with Gasteiger partial charge in [-0.15, -0.1) is 0 Å². The molecule has 22 heavy (non-hydrogen) atoms. The lowest BCUT2D eigenvalue weighted by Crippen LogP contribution is -2.31. The molecule has 1 aromatic rings. The van der Waals surface area contributed by atoms with Crippen LogP contribution in [0.2, 0.25) is 0 Å². The maximum Gasteiger partial charge on any atom is 0.163 e. The van der Waals surface area contributed by atoms with Gasteiger partial charge in [0.15, 0.2) is 11.5 Å². The van der Waals surface area contributed by atoms with Gasteiger partial charge < -0.3 is 20.6 Å². The van der Waals surface area contributed by atoms with Gasteiger partial charge in [-0.3, -0.25) is 5.01 Å². The Morgan fingerprint density at radius 1 is 1.32 bits per heavy atom. The van der Waals surface area contributed by atoms with Crippen molar-refractivity contribution in [3.05, 3.63) is 53.9 Å². The van der Waals surface area contributed by atoms with Gasteiger partial charge in [-0.05, 0) is 30.2 Å². The van der Waals surface area contributed by atoms with Gasteiger partial charge in [0.25, 0.3) is 0 Å². The van der Waals surface area contributed by atoms with E-state index in [2.05, 4.69) is 6.58 Å². The van der Waals surface area contributed by atoms with Gasteiger partial charge in [0, 0.05) is 18.5 Å². The molecule has 0 radical (unpaired) electrons. The molecule has 0 saturated heterocycles. The SMILES string of the molecule is C=C(/C=C\C=N)/C(=C/N)N(N)c1cc(C)c(OC)c(OC)c1. The Balaban J connectivity index is 3.24. The Morgan fingerprint density at radius 2 is 2.00 bits per heavy atom. The van der Waals surface area contributed by atoms with Crippen molar-refractivity contribution in [2.45, 2.75) is 6.92 Å². The van der Waals surface area contributed by atoms with E-state index in [9.17, 15) is 0 Å². The van der Waals surface area contributed by atoms with Crippen LogP contribution in [0.1, 0.15) is 5.56 Å². The number of hydrogen-bond donors (Lipinski definition) is 3. The second-order valence-corrected chi connectivity index (χ2v) is 4.47. The number of benzene rings is 1. The minimum Gasteiger partial charge on any atom is -0.493 e. The molecule has 1 rings (SSSR count). The molecule has 0 spiro atoms. The van der Waals surface area contributed by atoms with Crippen LogP contribution in [0, 0.1) is 12.3 Å². The topological polar surface area (TPSA) is 97.6 Å². The third kappa shape index (κ3) is 3.67. The Kier molecular flexibility index (Phi) is 6.22. The first-order valence-corrected chi connectivity index (χ1v) is 6.55. The van der Waals surface area contributed by atoms with Gasteiger partial charge >= 0.3 is 0 Å². The molecule has 6 heteroatoms. The van der Waals surface area contributed by atoms with E-state index >= 15 is 0 Å². The minimum atomic E-state index is 0.518. The number of nitrogens with two attached hydrogens (primary N) is 2. The first-order valence-electron chi connectivity index (χ1n) is 6.55. The maximum absolute atomic E-state index is 7.01. The lowest BCUT2D eigenvalue weighted by Gasteiger charge is -2.24. The third-order valence-electron chi connectivity index (χ3n) is 3.07. The van der Waals surface area contributed by atoms with Crippen LogP contribution in [0.5, 0.6) is 11.5 Å². The molecule has 0 atom stereocenters. The molecule has 0 fully saturated rings. The predicted octanol–water partition coefficient (Wildman–Crippen LogP) is 2.25. The first kappa shape index (κ1) is 17.3. The summed E-state index contributed by atoms with van der Waals surface area (Å²) in [5.74, 6) is 7.37. The molecule has 5 N–H and O–H groups in total. The number of anilines is 1. The van der Waals surface area contributed by atoms with E-state index in [-0.39, 0.29) is 0 Å². The van der Waals surface area contributed by atoms with Crippen molar-refractivity contribution in [1.29, 1.82) is 5.41 Å². The second kappa shape index (κ2) is 7.90. The van der Waals surface area contributed by atoms with E-state index < -0.39 is 0 Å². The van der Waals surface area contributed by atoms with Gasteiger partial charge in [-0.2, -0.15) is 0 Å². The molecule has 0 amide bonds. The standard InChI is InChI=1S/C16H22N4O2/c1-11(6-5-7-17)14(10-18)20(19)13-8-12(2)16(22-4)15(9-13)21-3/h5-10,17H,1,18-19H2,2-4H3/b6-5-,14-10-,17-7?. The predicted molar refractivity (Wildman–Crippen MR) is 90.3 cm³/mol. The number of nitrogens with zero attached hydrogens (tertiary/aromatic N) is 1. The van der Waals surface area contributed by atoms with Crippen LogP contribution in [0.3, 0.4) is 0 Å². The normalized spacial score (nSPS) is 11.4. The van der Waals surface area contributed by atoms with E-state index in [4.69, 9.17) is 26.5 Å². The van der Waals surface area contributed by atoms with Crippen molar-refractivity contribution in [1.82, 2.24) is 0 Å². The maximum atomic E-state index is 7.01. The van der Waals surface area contributed by atoms with Gasteiger partial charge in [-0.1, -0.05) is 12.7 Å². The third-order valence-corrected chi connectivity index (χ3v) is 3.07. The smallest absolute Gasteiger partial charge is 0.163 e. The fourth-order valence-electron chi connectivity index (χ4n) is 2.01. The number of rotatable bonds is 7. The van der Waals surface area contributed by atoms with Crippen LogP contribution in [-0.2, 0) is 0 Å². The van der Waals surface area contributed by atoms with Crippen LogP contribution in [0.15, 0.2) is 48.3 Å². The number of ether oxygens (including phenoxy) is 2. The van der Waals surface area contributed by atoms with Crippen molar-refractivity contribution in [2.75, 3.05) is 19.2 Å². The highest BCUT2D eigenvalue weighted by Crippen LogP contribution is 2.36. The first-order chi connectivity index (χ1) is 10.5. The number of allylic oxidation sites excluding steroid dienone is 2. The summed E-state index contributed by atoms with van der Waals surface area (Å²) in [6.45, 7) is 5.79. The summed E-state index contributed by atoms with van der Waals surface area (Å²) in [6, 6.07) is 3.61. The molecule has 0 aromatic heterocycles. The summed E-state index contributed by atoms with van der Waals surface area (Å²) in [4.78, 5) is 0. The number of nitrogens with one attached hydrogen (secondary N) is 1. The summed E-state index contributed by atoms with van der Waals surface area (Å²) in [5.41, 5.74) is 8.32. The Bertz CT molecular complexity index is 621. The number of methoxy groups -OCH3 is 2. The molecule has 0 heterocycles. The monoisotopic (exact) mass is 302 g/mol. The molecule has 118 valence electrons. The zero-order chi connectivity index (χ0) is 16.7. The fraction of sp³-hybridized carbons (Fsp3) is 0.188. The average Bonchev–Trinajstić information content (AvgIpc) is 2.52. The molecule has 0 bridgehead atoms. The van der Waals surface area contributed by atoms with E-state index in [1.807, 2.05) is 13.0 Å². The van der Waals surface area contributed by atoms with Gasteiger partial charge in [-0.25, -0.2) is 5.84 Å². The van der Waals surface area contributed by atoms with Gasteiger partial charge in [0.05, 0.1) is 25.6 Å². The molecule has 0 aliphatic rings. The average molecular weight is 302 g/mol. The quantitative estimate of drug-likeness (QED) is 0.310. The molecule has 0 aliphatic heterocycles. The molecular weight excluding hydrogens is 280 g/mol. The highest BCUT2D eigenvalue weighted by Gasteiger charge is 2.15. The van der Waals surface area contributed by atoms with Gasteiger partial charge in [0.2, 0.25) is 0 Å². The van der Waals surface area contributed by atoms with E-state index in [1.165, 1.54) is 11.2 Å². The van der Waals surface area contributed by atoms with Crippen LogP contribution in [0.25, 0.3) is 0 Å². The van der Waals surface area contributed by atoms with Gasteiger partial charge in [0.1, 0.15) is 0 Å². The number of aryl methyl sites for hydroxylation is 1. The highest BCUT2D eigenvalue weighted by atomic mass is 16.5. The van der Waals surface area contributed by atoms with Crippen molar-refractivity contribution in [2.24, 2.45) is 11.6 Å². The zero-order valence-corrected chi connectivity index (χ0v) is 13.1. The Hall–Kier alpha value is -2.73. The lowest BCUT2D eigenvalue weighted by molar-refractivity contribution is 0.353. The summed E-state index contributed by atoms with van der Waals surface area (Å²) in [6.07, 6.45) is 5.71. The van der Waals surface area contributed by atoms with Crippen molar-refractivity contribution >= 4 is 11.9 Å². The molecular formula is C16H22N4O2. The van der Waals surface area contributed by atoms with E-state index in [1.54, 1.807) is 32.4 Å². The molecule has 0 unspecified atom stereocenters. The number of hydrogen-bond acceptors (Lipinski definition) is 6. The molecule has 0 saturated carbocycles. The fourth-order valence-corrected chi connectivity index (χ4v) is 2.01. The van der Waals surface area contributed by atoms with Crippen LogP contribution < -0.4 is 26.1 Å². The Labute approximate surface area is 130 Å². The Morgan fingerprint density at radius 3 is 2.50 bits per heavy atom. The summed E-state index contributed by atoms with van der Waals surface area (Å²) in [5, 5.41) is 8.42. The largest absolute Gasteiger partial charge is 0.493 e. The summed E-state index contributed by atoms with van der Waals surface area (Å²) in [7, 11) is 3.15. The molecule has 1 aromatic carbocycles. The summed E-state index contributed by atoms with van der Waals surface area (Å²) >= 11 is 0. The zero-order valence-electron chi connectivity index (χ0n) is 13.1. The highest BCUT2D eigenvalue weighted by molar-refractivity contribution is 5.70. The van der Waals surface area contributed by atoms with Crippen LogP contribution >= 0.6 is 0 Å². The van der Waals surface area contributed by atoms with Crippen molar-refractivity contribution in [3.8, 4) is 11.5 Å². The summed E-state index contributed by atoms with van der Waals surface area (Å²) < 4.78 is 10.6. The van der Waals surface area contributed by atoms with E-state index in [0.29, 0.717) is 28.5 Å². The molecule has 0 aliphatic carbocycles. The van der Waals surface area contributed by atoms with Crippen LogP contribution in [0.4, 0.5) is 5.69 Å². The minimum absolute atomic E-state index is 0.518. The van der Waals surface area contributed by atoms with Crippen LogP contribution in [-0.4, -0.2) is 20.4 Å². The lowest BCUT2D eigenvalue weighted by atomic mass is 10.1. The van der Waals surface area contributed by atoms with Crippen molar-refractivity contribution < 1.29 is 9.47 Å². The van der Waals surface area contributed by atoms with Crippen molar-refractivity contribution in [3.63, 3.8) is 0 Å². The molecule has 6 nitrogen and oxygen atoms in total. The second-order valence-electron chi connectivity index (χ2n) is 4.47. The van der Waals surface area contributed by atoms with E-state index in [0.717, 1.165) is 11.8 Å².